The highest BCUT2D eigenvalue weighted by Crippen LogP contribution is 2.16. The van der Waals surface area contributed by atoms with Crippen molar-refractivity contribution in [2.24, 2.45) is 0 Å². The van der Waals surface area contributed by atoms with Crippen molar-refractivity contribution < 1.29 is 14.6 Å². The van der Waals surface area contributed by atoms with Crippen LogP contribution in [0.2, 0.25) is 0 Å². The number of carboxylic acids is 1. The summed E-state index contributed by atoms with van der Waals surface area (Å²) >= 11 is 0. The molecule has 1 N–H and O–H groups in total. The molecule has 1 atom stereocenters. The number of hydrogen-bond acceptors (Lipinski definition) is 3. The van der Waals surface area contributed by atoms with Crippen LogP contribution in [0, 0.1) is 0 Å². The highest BCUT2D eigenvalue weighted by atomic mass is 16.5. The molecule has 1 aliphatic heterocycles. The number of nitrogens with zero attached hydrogens (tertiary/aromatic N) is 1. The number of hydrogen-bond donors (Lipinski definition) is 1. The number of aliphatic carboxylic acids is 1. The first-order valence-corrected chi connectivity index (χ1v) is 6.33. The molecule has 0 aliphatic carbocycles. The van der Waals surface area contributed by atoms with Gasteiger partial charge in [-0.05, 0) is 18.4 Å². The minimum Gasteiger partial charge on any atom is -0.480 e. The molecule has 1 heterocycles. The highest BCUT2D eigenvalue weighted by molar-refractivity contribution is 5.69. The summed E-state index contributed by atoms with van der Waals surface area (Å²) in [6, 6.07) is 10.2. The monoisotopic (exact) mass is 249 g/mol. The molecule has 1 aliphatic rings. The molecule has 4 nitrogen and oxygen atoms in total. The maximum absolute atomic E-state index is 11.0. The Morgan fingerprint density at radius 3 is 2.78 bits per heavy atom. The van der Waals surface area contributed by atoms with Crippen molar-refractivity contribution in [1.29, 1.82) is 0 Å². The quantitative estimate of drug-likeness (QED) is 0.863. The molecule has 2 rings (SSSR count). The zero-order valence-corrected chi connectivity index (χ0v) is 10.4. The second-order valence-electron chi connectivity index (χ2n) is 4.66. The first-order valence-electron chi connectivity index (χ1n) is 6.33. The Bertz CT molecular complexity index is 374. The molecule has 0 spiro atoms. The van der Waals surface area contributed by atoms with E-state index in [2.05, 4.69) is 0 Å². The molecule has 4 heteroatoms. The minimum absolute atomic E-state index is 0.0723. The second-order valence-corrected chi connectivity index (χ2v) is 4.66. The summed E-state index contributed by atoms with van der Waals surface area (Å²) < 4.78 is 5.45. The van der Waals surface area contributed by atoms with Crippen molar-refractivity contribution in [1.82, 2.24) is 4.90 Å². The van der Waals surface area contributed by atoms with Crippen LogP contribution in [0.1, 0.15) is 18.4 Å². The lowest BCUT2D eigenvalue weighted by Gasteiger charge is -2.33. The van der Waals surface area contributed by atoms with Crippen LogP contribution in [0.5, 0.6) is 0 Å². The van der Waals surface area contributed by atoms with E-state index in [1.807, 2.05) is 35.2 Å². The molecule has 0 aromatic heterocycles. The van der Waals surface area contributed by atoms with Crippen molar-refractivity contribution in [2.45, 2.75) is 25.4 Å². The summed E-state index contributed by atoms with van der Waals surface area (Å²) in [4.78, 5) is 13.0. The van der Waals surface area contributed by atoms with Crippen molar-refractivity contribution >= 4 is 5.97 Å². The smallest absolute Gasteiger partial charge is 0.317 e. The van der Waals surface area contributed by atoms with Gasteiger partial charge in [0.25, 0.3) is 0 Å². The molecule has 1 aromatic rings. The average molecular weight is 249 g/mol. The van der Waals surface area contributed by atoms with Gasteiger partial charge in [0.1, 0.15) is 0 Å². The fourth-order valence-corrected chi connectivity index (χ4v) is 2.32. The molecule has 18 heavy (non-hydrogen) atoms. The van der Waals surface area contributed by atoms with Gasteiger partial charge in [0.15, 0.2) is 0 Å². The van der Waals surface area contributed by atoms with Gasteiger partial charge < -0.3 is 9.84 Å². The predicted octanol–water partition coefficient (Wildman–Crippen LogP) is 1.75. The van der Waals surface area contributed by atoms with Gasteiger partial charge in [-0.25, -0.2) is 0 Å². The Hall–Kier alpha value is -1.39. The average Bonchev–Trinajstić information content (AvgIpc) is 2.40. The number of benzene rings is 1. The standard InChI is InChI=1S/C14H19NO3/c16-14(17)10-15(13-7-4-8-18-11-13)9-12-5-2-1-3-6-12/h1-3,5-6,13H,4,7-11H2,(H,16,17). The van der Waals surface area contributed by atoms with Crippen LogP contribution >= 0.6 is 0 Å². The third-order valence-corrected chi connectivity index (χ3v) is 3.22. The maximum atomic E-state index is 11.0. The first-order chi connectivity index (χ1) is 8.75. The van der Waals surface area contributed by atoms with Crippen LogP contribution in [-0.2, 0) is 16.1 Å². The van der Waals surface area contributed by atoms with E-state index < -0.39 is 5.97 Å². The summed E-state index contributed by atoms with van der Waals surface area (Å²) in [7, 11) is 0. The van der Waals surface area contributed by atoms with E-state index in [1.165, 1.54) is 0 Å². The predicted molar refractivity (Wildman–Crippen MR) is 68.3 cm³/mol. The van der Waals surface area contributed by atoms with Gasteiger partial charge >= 0.3 is 5.97 Å². The van der Waals surface area contributed by atoms with Crippen LogP contribution in [0.3, 0.4) is 0 Å². The van der Waals surface area contributed by atoms with Crippen molar-refractivity contribution in [3.63, 3.8) is 0 Å². The number of carboxylic acid groups (broad SMARTS) is 1. The van der Waals surface area contributed by atoms with Crippen LogP contribution in [0.4, 0.5) is 0 Å². The molecule has 98 valence electrons. The summed E-state index contributed by atoms with van der Waals surface area (Å²) in [6.45, 7) is 2.17. The highest BCUT2D eigenvalue weighted by Gasteiger charge is 2.23. The van der Waals surface area contributed by atoms with Gasteiger partial charge in [-0.2, -0.15) is 0 Å². The molecular formula is C14H19NO3. The topological polar surface area (TPSA) is 49.8 Å². The van der Waals surface area contributed by atoms with E-state index in [9.17, 15) is 4.79 Å². The lowest BCUT2D eigenvalue weighted by molar-refractivity contribution is -0.139. The molecule has 0 saturated carbocycles. The molecule has 0 radical (unpaired) electrons. The van der Waals surface area contributed by atoms with E-state index in [0.717, 1.165) is 25.0 Å². The summed E-state index contributed by atoms with van der Waals surface area (Å²) in [5.74, 6) is -0.781. The van der Waals surface area contributed by atoms with Crippen LogP contribution in [0.25, 0.3) is 0 Å². The normalized spacial score (nSPS) is 19.9. The Kier molecular flexibility index (Phi) is 4.73. The molecule has 1 aromatic carbocycles. The van der Waals surface area contributed by atoms with E-state index in [-0.39, 0.29) is 12.6 Å². The third kappa shape index (κ3) is 3.82. The Morgan fingerprint density at radius 2 is 2.17 bits per heavy atom. The Labute approximate surface area is 107 Å². The number of rotatable bonds is 5. The van der Waals surface area contributed by atoms with Gasteiger partial charge in [-0.3, -0.25) is 9.69 Å². The number of carbonyl (C=O) groups is 1. The Balaban J connectivity index is 2.02. The van der Waals surface area contributed by atoms with Crippen molar-refractivity contribution in [3.05, 3.63) is 35.9 Å². The number of ether oxygens (including phenoxy) is 1. The lowest BCUT2D eigenvalue weighted by Crippen LogP contribution is -2.43. The molecule has 1 saturated heterocycles. The van der Waals surface area contributed by atoms with Crippen molar-refractivity contribution in [3.8, 4) is 0 Å². The summed E-state index contributed by atoms with van der Waals surface area (Å²) in [6.07, 6.45) is 2.02. The van der Waals surface area contributed by atoms with E-state index >= 15 is 0 Å². The van der Waals surface area contributed by atoms with E-state index in [4.69, 9.17) is 9.84 Å². The van der Waals surface area contributed by atoms with Gasteiger partial charge in [-0.1, -0.05) is 30.3 Å². The SMILES string of the molecule is O=C(O)CN(Cc1ccccc1)C1CCCOC1. The molecular weight excluding hydrogens is 230 g/mol. The molecule has 1 unspecified atom stereocenters. The van der Waals surface area contributed by atoms with E-state index in [1.54, 1.807) is 0 Å². The van der Waals surface area contributed by atoms with Crippen LogP contribution < -0.4 is 0 Å². The van der Waals surface area contributed by atoms with Gasteiger partial charge in [0.05, 0.1) is 13.2 Å². The largest absolute Gasteiger partial charge is 0.480 e. The Morgan fingerprint density at radius 1 is 1.39 bits per heavy atom. The zero-order chi connectivity index (χ0) is 12.8. The fraction of sp³-hybridized carbons (Fsp3) is 0.500. The third-order valence-electron chi connectivity index (χ3n) is 3.22. The van der Waals surface area contributed by atoms with Crippen molar-refractivity contribution in [2.75, 3.05) is 19.8 Å². The first kappa shape index (κ1) is 13.1. The second kappa shape index (κ2) is 6.52. The van der Waals surface area contributed by atoms with Gasteiger partial charge in [0.2, 0.25) is 0 Å². The zero-order valence-electron chi connectivity index (χ0n) is 10.4. The minimum atomic E-state index is -0.781. The summed E-state index contributed by atoms with van der Waals surface area (Å²) in [5, 5.41) is 9.01. The van der Waals surface area contributed by atoms with Gasteiger partial charge in [-0.15, -0.1) is 0 Å². The van der Waals surface area contributed by atoms with Crippen LogP contribution in [0.15, 0.2) is 30.3 Å². The summed E-state index contributed by atoms with van der Waals surface area (Å²) in [5.41, 5.74) is 1.14. The lowest BCUT2D eigenvalue weighted by atomic mass is 10.1. The molecule has 0 amide bonds. The van der Waals surface area contributed by atoms with E-state index in [0.29, 0.717) is 13.2 Å². The molecule has 0 bridgehead atoms. The van der Waals surface area contributed by atoms with Gasteiger partial charge in [0, 0.05) is 19.2 Å². The molecule has 1 fully saturated rings. The fourth-order valence-electron chi connectivity index (χ4n) is 2.32. The maximum Gasteiger partial charge on any atom is 0.317 e. The van der Waals surface area contributed by atoms with Crippen LogP contribution in [-0.4, -0.2) is 41.8 Å².